The molecule has 1 heterocycles. The van der Waals surface area contributed by atoms with Crippen molar-refractivity contribution in [1.82, 2.24) is 10.2 Å². The van der Waals surface area contributed by atoms with Gasteiger partial charge in [0.25, 0.3) is 0 Å². The Bertz CT molecular complexity index is 223. The summed E-state index contributed by atoms with van der Waals surface area (Å²) in [5.41, 5.74) is 0. The fraction of sp³-hybridized carbons (Fsp3) is 0.909. The van der Waals surface area contributed by atoms with E-state index in [0.717, 1.165) is 32.4 Å². The van der Waals surface area contributed by atoms with Crippen molar-refractivity contribution in [1.29, 1.82) is 0 Å². The topological polar surface area (TPSA) is 32.3 Å². The average molecular weight is 196 g/mol. The van der Waals surface area contributed by atoms with Crippen molar-refractivity contribution in [2.75, 3.05) is 13.1 Å². The van der Waals surface area contributed by atoms with Gasteiger partial charge >= 0.3 is 0 Å². The van der Waals surface area contributed by atoms with Gasteiger partial charge in [-0.1, -0.05) is 0 Å². The molecule has 1 N–H and O–H groups in total. The average Bonchev–Trinajstić information content (AvgIpc) is 2.87. The number of hydrogen-bond acceptors (Lipinski definition) is 2. The van der Waals surface area contributed by atoms with Crippen molar-refractivity contribution < 1.29 is 4.79 Å². The molecule has 1 saturated carbocycles. The molecule has 1 aliphatic heterocycles. The van der Waals surface area contributed by atoms with Gasteiger partial charge in [-0.15, -0.1) is 0 Å². The third-order valence-electron chi connectivity index (χ3n) is 3.24. The molecule has 0 aromatic heterocycles. The maximum Gasteiger partial charge on any atom is 0.223 e. The van der Waals surface area contributed by atoms with Crippen LogP contribution in [0.1, 0.15) is 33.1 Å². The second kappa shape index (κ2) is 3.89. The molecule has 0 bridgehead atoms. The van der Waals surface area contributed by atoms with Crippen LogP contribution in [0.15, 0.2) is 0 Å². The summed E-state index contributed by atoms with van der Waals surface area (Å²) >= 11 is 0. The molecule has 0 radical (unpaired) electrons. The highest BCUT2D eigenvalue weighted by atomic mass is 16.2. The summed E-state index contributed by atoms with van der Waals surface area (Å²) in [6.07, 6.45) is 3.33. The lowest BCUT2D eigenvalue weighted by Crippen LogP contribution is -2.39. The van der Waals surface area contributed by atoms with E-state index in [4.69, 9.17) is 0 Å². The zero-order valence-corrected chi connectivity index (χ0v) is 9.12. The van der Waals surface area contributed by atoms with E-state index in [9.17, 15) is 4.79 Å². The lowest BCUT2D eigenvalue weighted by Gasteiger charge is -2.20. The largest absolute Gasteiger partial charge is 0.352 e. The third kappa shape index (κ3) is 2.27. The number of likely N-dealkylation sites (tertiary alicyclic amines) is 1. The molecule has 0 spiro atoms. The summed E-state index contributed by atoms with van der Waals surface area (Å²) in [5, 5.41) is 3.15. The number of amides is 1. The molecule has 2 aliphatic rings. The Balaban J connectivity index is 1.75. The zero-order chi connectivity index (χ0) is 10.1. The second-order valence-electron chi connectivity index (χ2n) is 4.86. The van der Waals surface area contributed by atoms with Crippen LogP contribution in [0.25, 0.3) is 0 Å². The van der Waals surface area contributed by atoms with E-state index in [1.54, 1.807) is 0 Å². The highest BCUT2D eigenvalue weighted by molar-refractivity contribution is 5.81. The predicted molar refractivity (Wildman–Crippen MR) is 56.0 cm³/mol. The van der Waals surface area contributed by atoms with Crippen LogP contribution in [0.3, 0.4) is 0 Å². The first-order valence-corrected chi connectivity index (χ1v) is 5.71. The Hall–Kier alpha value is -0.570. The Morgan fingerprint density at radius 3 is 2.57 bits per heavy atom. The molecule has 3 nitrogen and oxygen atoms in total. The molecule has 1 amide bonds. The zero-order valence-electron chi connectivity index (χ0n) is 9.12. The molecule has 80 valence electrons. The number of carbonyl (C=O) groups excluding carboxylic acids is 1. The molecule has 0 aromatic rings. The van der Waals surface area contributed by atoms with E-state index in [2.05, 4.69) is 24.1 Å². The molecular weight excluding hydrogens is 176 g/mol. The van der Waals surface area contributed by atoms with Crippen LogP contribution in [0.2, 0.25) is 0 Å². The van der Waals surface area contributed by atoms with Gasteiger partial charge in [0.2, 0.25) is 5.91 Å². The lowest BCUT2D eigenvalue weighted by molar-refractivity contribution is -0.122. The summed E-state index contributed by atoms with van der Waals surface area (Å²) < 4.78 is 0. The number of nitrogens with one attached hydrogen (secondary N) is 1. The molecule has 3 heteroatoms. The number of rotatable bonds is 3. The fourth-order valence-electron chi connectivity index (χ4n) is 2.04. The smallest absolute Gasteiger partial charge is 0.223 e. The quantitative estimate of drug-likeness (QED) is 0.730. The molecule has 1 atom stereocenters. The van der Waals surface area contributed by atoms with Gasteiger partial charge in [0, 0.05) is 31.1 Å². The number of hydrogen-bond donors (Lipinski definition) is 1. The summed E-state index contributed by atoms with van der Waals surface area (Å²) in [4.78, 5) is 13.9. The van der Waals surface area contributed by atoms with Crippen LogP contribution < -0.4 is 5.32 Å². The van der Waals surface area contributed by atoms with Crippen molar-refractivity contribution in [2.45, 2.75) is 45.2 Å². The molecule has 2 rings (SSSR count). The van der Waals surface area contributed by atoms with Crippen LogP contribution >= 0.6 is 0 Å². The molecule has 1 aliphatic carbocycles. The minimum Gasteiger partial charge on any atom is -0.352 e. The third-order valence-corrected chi connectivity index (χ3v) is 3.24. The first-order valence-electron chi connectivity index (χ1n) is 5.71. The Morgan fingerprint density at radius 1 is 1.36 bits per heavy atom. The monoisotopic (exact) mass is 196 g/mol. The standard InChI is InChI=1S/C11H20N2O/c1-8(2)13-6-5-10(7-13)12-11(14)9-3-4-9/h8-10H,3-7H2,1-2H3,(H,12,14)/t10-/m1/s1. The van der Waals surface area contributed by atoms with Gasteiger partial charge in [0.15, 0.2) is 0 Å². The summed E-state index contributed by atoms with van der Waals surface area (Å²) in [6.45, 7) is 6.60. The molecule has 2 fully saturated rings. The van der Waals surface area contributed by atoms with Crippen LogP contribution in [-0.2, 0) is 4.79 Å². The van der Waals surface area contributed by atoms with Gasteiger partial charge in [-0.25, -0.2) is 0 Å². The van der Waals surface area contributed by atoms with E-state index in [-0.39, 0.29) is 0 Å². The Labute approximate surface area is 85.8 Å². The van der Waals surface area contributed by atoms with Crippen molar-refractivity contribution in [3.63, 3.8) is 0 Å². The van der Waals surface area contributed by atoms with Gasteiger partial charge in [-0.3, -0.25) is 9.69 Å². The van der Waals surface area contributed by atoms with E-state index in [1.165, 1.54) is 0 Å². The SMILES string of the molecule is CC(C)N1CC[C@@H](NC(=O)C2CC2)C1. The summed E-state index contributed by atoms with van der Waals surface area (Å²) in [6, 6.07) is 1.02. The molecule has 1 saturated heterocycles. The maximum atomic E-state index is 11.5. The first-order chi connectivity index (χ1) is 6.66. The molecule has 14 heavy (non-hydrogen) atoms. The Morgan fingerprint density at radius 2 is 2.07 bits per heavy atom. The van der Waals surface area contributed by atoms with E-state index in [1.807, 2.05) is 0 Å². The Kier molecular flexibility index (Phi) is 2.77. The summed E-state index contributed by atoms with van der Waals surface area (Å²) in [5.74, 6) is 0.642. The van der Waals surface area contributed by atoms with Gasteiger partial charge in [0.05, 0.1) is 0 Å². The van der Waals surface area contributed by atoms with Gasteiger partial charge < -0.3 is 5.32 Å². The number of carbonyl (C=O) groups is 1. The normalized spacial score (nSPS) is 28.4. The van der Waals surface area contributed by atoms with Crippen molar-refractivity contribution >= 4 is 5.91 Å². The molecule has 0 aromatic carbocycles. The fourth-order valence-corrected chi connectivity index (χ4v) is 2.04. The second-order valence-corrected chi connectivity index (χ2v) is 4.86. The highest BCUT2D eigenvalue weighted by Gasteiger charge is 2.33. The first kappa shape index (κ1) is 9.97. The van der Waals surface area contributed by atoms with Crippen molar-refractivity contribution in [2.24, 2.45) is 5.92 Å². The highest BCUT2D eigenvalue weighted by Crippen LogP contribution is 2.29. The minimum atomic E-state index is 0.292. The van der Waals surface area contributed by atoms with E-state index < -0.39 is 0 Å². The maximum absolute atomic E-state index is 11.5. The van der Waals surface area contributed by atoms with Crippen LogP contribution in [-0.4, -0.2) is 36.0 Å². The van der Waals surface area contributed by atoms with E-state index >= 15 is 0 Å². The van der Waals surface area contributed by atoms with Crippen LogP contribution in [0, 0.1) is 5.92 Å². The summed E-state index contributed by atoms with van der Waals surface area (Å²) in [7, 11) is 0. The van der Waals surface area contributed by atoms with Crippen molar-refractivity contribution in [3.05, 3.63) is 0 Å². The van der Waals surface area contributed by atoms with Gasteiger partial charge in [0.1, 0.15) is 0 Å². The van der Waals surface area contributed by atoms with Gasteiger partial charge in [-0.2, -0.15) is 0 Å². The lowest BCUT2D eigenvalue weighted by atomic mass is 10.2. The van der Waals surface area contributed by atoms with Gasteiger partial charge in [-0.05, 0) is 33.1 Å². The van der Waals surface area contributed by atoms with Crippen molar-refractivity contribution in [3.8, 4) is 0 Å². The van der Waals surface area contributed by atoms with E-state index in [0.29, 0.717) is 23.9 Å². The molecule has 0 unspecified atom stereocenters. The predicted octanol–water partition coefficient (Wildman–Crippen LogP) is 0.995. The van der Waals surface area contributed by atoms with Crippen LogP contribution in [0.4, 0.5) is 0 Å². The number of nitrogens with zero attached hydrogens (tertiary/aromatic N) is 1. The minimum absolute atomic E-state index is 0.292. The molecular formula is C11H20N2O. The van der Waals surface area contributed by atoms with Crippen LogP contribution in [0.5, 0.6) is 0 Å².